The van der Waals surface area contributed by atoms with Crippen molar-refractivity contribution in [3.05, 3.63) is 182 Å². The molecule has 0 radical (unpaired) electrons. The fourth-order valence-electron chi connectivity index (χ4n) is 4.36. The molecule has 6 aromatic carbocycles. The van der Waals surface area contributed by atoms with Crippen LogP contribution in [0.1, 0.15) is 35.1 Å². The average molecular weight is 778 g/mol. The number of halogens is 2. The van der Waals surface area contributed by atoms with Crippen molar-refractivity contribution in [1.82, 2.24) is 0 Å². The summed E-state index contributed by atoms with van der Waals surface area (Å²) in [6.45, 7) is 8.00. The molecule has 0 aliphatic heterocycles. The molecule has 0 aromatic heterocycles. The maximum atomic E-state index is 2.23. The van der Waals surface area contributed by atoms with E-state index in [0.717, 1.165) is 0 Å². The Kier molecular flexibility index (Phi) is 27.3. The molecule has 0 amide bonds. The normalized spacial score (nSPS) is 9.00. The number of hydrogen-bond donors (Lipinski definition) is 0. The van der Waals surface area contributed by atoms with E-state index in [2.05, 4.69) is 182 Å². The molecule has 5 heteroatoms. The molecule has 0 heterocycles. The van der Waals surface area contributed by atoms with Crippen molar-refractivity contribution in [1.29, 1.82) is 0 Å². The Balaban J connectivity index is 0. The smallest absolute Gasteiger partial charge is 1.00 e. The van der Waals surface area contributed by atoms with E-state index in [4.69, 9.17) is 0 Å². The van der Waals surface area contributed by atoms with Crippen molar-refractivity contribution >= 4 is 47.7 Å². The summed E-state index contributed by atoms with van der Waals surface area (Å²) >= 11 is 0. The SMILES string of the molecule is C.CC.CC.[Cl-].[Cl-].[Pd+2].c1ccc(P(c2ccccc2)c2ccccc2)cc1.c1ccc(P(c2ccccc2)c2ccccc2)cc1. The zero-order valence-corrected chi connectivity index (χ0v) is 31.1. The zero-order valence-electron chi connectivity index (χ0n) is 26.3. The summed E-state index contributed by atoms with van der Waals surface area (Å²) in [6, 6.07) is 64.7. The fourth-order valence-corrected chi connectivity index (χ4v) is 8.97. The molecule has 0 aliphatic carbocycles. The molecule has 0 N–H and O–H groups in total. The van der Waals surface area contributed by atoms with E-state index < -0.39 is 15.8 Å². The van der Waals surface area contributed by atoms with Gasteiger partial charge in [0.05, 0.1) is 0 Å². The predicted octanol–water partition coefficient (Wildman–Crippen LogP) is 3.58. The molecule has 244 valence electrons. The van der Waals surface area contributed by atoms with Crippen LogP contribution in [0.5, 0.6) is 0 Å². The van der Waals surface area contributed by atoms with Crippen LogP contribution in [0, 0.1) is 0 Å². The van der Waals surface area contributed by atoms with Gasteiger partial charge in [0.1, 0.15) is 0 Å². The second-order valence-electron chi connectivity index (χ2n) is 8.68. The number of hydrogen-bond acceptors (Lipinski definition) is 0. The van der Waals surface area contributed by atoms with Gasteiger partial charge in [-0.3, -0.25) is 0 Å². The maximum Gasteiger partial charge on any atom is 2.00 e. The van der Waals surface area contributed by atoms with Crippen molar-refractivity contribution in [2.45, 2.75) is 35.1 Å². The van der Waals surface area contributed by atoms with Gasteiger partial charge in [0, 0.05) is 0 Å². The Bertz CT molecular complexity index is 1190. The molecular formula is C41H46Cl2P2Pd. The van der Waals surface area contributed by atoms with Gasteiger partial charge in [0.2, 0.25) is 0 Å². The Morgan fingerprint density at radius 3 is 0.478 bits per heavy atom. The first kappa shape index (κ1) is 45.5. The summed E-state index contributed by atoms with van der Waals surface area (Å²) in [5.41, 5.74) is 0. The van der Waals surface area contributed by atoms with E-state index in [1.165, 1.54) is 31.8 Å². The van der Waals surface area contributed by atoms with E-state index in [1.807, 2.05) is 27.7 Å². The molecule has 0 spiro atoms. The van der Waals surface area contributed by atoms with Gasteiger partial charge in [-0.15, -0.1) is 0 Å². The van der Waals surface area contributed by atoms with E-state index in [9.17, 15) is 0 Å². The molecule has 0 saturated carbocycles. The van der Waals surface area contributed by atoms with Crippen LogP contribution in [0.2, 0.25) is 0 Å². The minimum Gasteiger partial charge on any atom is -1.00 e. The molecular weight excluding hydrogens is 732 g/mol. The van der Waals surface area contributed by atoms with Gasteiger partial charge in [-0.25, -0.2) is 0 Å². The molecule has 0 atom stereocenters. The first-order valence-corrected chi connectivity index (χ1v) is 17.5. The molecule has 0 bridgehead atoms. The summed E-state index contributed by atoms with van der Waals surface area (Å²) in [7, 11) is -0.892. The zero-order chi connectivity index (χ0) is 29.8. The Morgan fingerprint density at radius 1 is 0.261 bits per heavy atom. The van der Waals surface area contributed by atoms with Crippen molar-refractivity contribution in [3.63, 3.8) is 0 Å². The van der Waals surface area contributed by atoms with Gasteiger partial charge in [0.15, 0.2) is 0 Å². The molecule has 0 fully saturated rings. The quantitative estimate of drug-likeness (QED) is 0.180. The molecule has 0 aliphatic rings. The largest absolute Gasteiger partial charge is 2.00 e. The van der Waals surface area contributed by atoms with Crippen molar-refractivity contribution in [2.75, 3.05) is 0 Å². The van der Waals surface area contributed by atoms with Crippen LogP contribution in [0.4, 0.5) is 0 Å². The minimum atomic E-state index is -0.446. The monoisotopic (exact) mass is 776 g/mol. The fraction of sp³-hybridized carbons (Fsp3) is 0.122. The Labute approximate surface area is 308 Å². The van der Waals surface area contributed by atoms with E-state index in [0.29, 0.717) is 0 Å². The molecule has 0 saturated heterocycles. The van der Waals surface area contributed by atoms with E-state index in [-0.39, 0.29) is 52.7 Å². The topological polar surface area (TPSA) is 0 Å². The first-order chi connectivity index (χ1) is 20.9. The summed E-state index contributed by atoms with van der Waals surface area (Å²) < 4.78 is 0. The van der Waals surface area contributed by atoms with Gasteiger partial charge in [-0.05, 0) is 47.7 Å². The third-order valence-corrected chi connectivity index (χ3v) is 11.0. The third kappa shape index (κ3) is 14.0. The summed E-state index contributed by atoms with van der Waals surface area (Å²) in [4.78, 5) is 0. The summed E-state index contributed by atoms with van der Waals surface area (Å²) in [5, 5.41) is 8.39. The Hall–Kier alpha value is -2.58. The molecule has 0 nitrogen and oxygen atoms in total. The number of rotatable bonds is 6. The van der Waals surface area contributed by atoms with Crippen LogP contribution in [-0.2, 0) is 20.4 Å². The van der Waals surface area contributed by atoms with Crippen LogP contribution in [0.3, 0.4) is 0 Å². The van der Waals surface area contributed by atoms with Crippen molar-refractivity contribution in [2.24, 2.45) is 0 Å². The molecule has 6 rings (SSSR count). The van der Waals surface area contributed by atoms with Crippen LogP contribution in [0.25, 0.3) is 0 Å². The molecule has 0 unspecified atom stereocenters. The standard InChI is InChI=1S/2C18H15P.2C2H6.CH4.2ClH.Pd/c2*1-4-10-16(11-5-1)19(17-12-6-2-7-13-17)18-14-8-3-9-15-18;2*1-2;;;;/h2*1-15H;2*1-2H3;1H4;2*1H;/q;;;;;;;+2/p-2. The first-order valence-electron chi connectivity index (χ1n) is 14.8. The number of benzene rings is 6. The van der Waals surface area contributed by atoms with Crippen LogP contribution in [0.15, 0.2) is 182 Å². The van der Waals surface area contributed by atoms with Crippen molar-refractivity contribution < 1.29 is 45.2 Å². The average Bonchev–Trinajstić information content (AvgIpc) is 3.10. The van der Waals surface area contributed by atoms with Crippen LogP contribution >= 0.6 is 15.8 Å². The molecule has 46 heavy (non-hydrogen) atoms. The predicted molar refractivity (Wildman–Crippen MR) is 200 cm³/mol. The van der Waals surface area contributed by atoms with E-state index in [1.54, 1.807) is 0 Å². The minimum absolute atomic E-state index is 0. The van der Waals surface area contributed by atoms with Gasteiger partial charge in [-0.1, -0.05) is 217 Å². The van der Waals surface area contributed by atoms with Gasteiger partial charge < -0.3 is 24.8 Å². The Morgan fingerprint density at radius 2 is 0.370 bits per heavy atom. The van der Waals surface area contributed by atoms with Gasteiger partial charge >= 0.3 is 20.4 Å². The molecule has 6 aromatic rings. The summed E-state index contributed by atoms with van der Waals surface area (Å²) in [5.74, 6) is 0. The van der Waals surface area contributed by atoms with Crippen LogP contribution in [-0.4, -0.2) is 0 Å². The van der Waals surface area contributed by atoms with Crippen LogP contribution < -0.4 is 56.6 Å². The summed E-state index contributed by atoms with van der Waals surface area (Å²) in [6.07, 6.45) is 0. The van der Waals surface area contributed by atoms with Crippen molar-refractivity contribution in [3.8, 4) is 0 Å². The second-order valence-corrected chi connectivity index (χ2v) is 13.1. The maximum absolute atomic E-state index is 2.23. The third-order valence-electron chi connectivity index (χ3n) is 6.09. The van der Waals surface area contributed by atoms with Gasteiger partial charge in [0.25, 0.3) is 0 Å². The van der Waals surface area contributed by atoms with E-state index >= 15 is 0 Å². The second kappa shape index (κ2) is 27.5. The van der Waals surface area contributed by atoms with Gasteiger partial charge in [-0.2, -0.15) is 0 Å².